The Morgan fingerprint density at radius 3 is 1.89 bits per heavy atom. The monoisotopic (exact) mass is 392 g/mol. The molecule has 0 saturated heterocycles. The average molecular weight is 393 g/mol. The van der Waals surface area contributed by atoms with Crippen molar-refractivity contribution in [3.63, 3.8) is 0 Å². The van der Waals surface area contributed by atoms with Gasteiger partial charge in [-0.2, -0.15) is 5.10 Å². The predicted octanol–water partition coefficient (Wildman–Crippen LogP) is 7.13. The molecule has 2 nitrogen and oxygen atoms in total. The van der Waals surface area contributed by atoms with Crippen LogP contribution in [0.2, 0.25) is 10.0 Å². The molecule has 0 saturated carbocycles. The van der Waals surface area contributed by atoms with Crippen LogP contribution in [0.1, 0.15) is 11.1 Å². The van der Waals surface area contributed by atoms with Crippen LogP contribution in [0.4, 0.5) is 0 Å². The van der Waals surface area contributed by atoms with E-state index >= 15 is 0 Å². The lowest BCUT2D eigenvalue weighted by Gasteiger charge is -2.10. The molecule has 0 aliphatic rings. The largest absolute Gasteiger partial charge is 0.231 e. The molecular formula is C23H18Cl2N2. The number of aryl methyl sites for hydroxylation is 2. The molecule has 4 heteroatoms. The van der Waals surface area contributed by atoms with Gasteiger partial charge in [0.2, 0.25) is 0 Å². The maximum absolute atomic E-state index is 6.48. The lowest BCUT2D eigenvalue weighted by molar-refractivity contribution is 0.892. The second-order valence-corrected chi connectivity index (χ2v) is 7.50. The zero-order chi connectivity index (χ0) is 19.0. The van der Waals surface area contributed by atoms with Gasteiger partial charge in [-0.25, -0.2) is 4.68 Å². The molecular weight excluding hydrogens is 375 g/mol. The molecule has 0 N–H and O–H groups in total. The van der Waals surface area contributed by atoms with Gasteiger partial charge in [-0.1, -0.05) is 82.9 Å². The van der Waals surface area contributed by atoms with E-state index in [1.54, 1.807) is 6.07 Å². The molecule has 4 rings (SSSR count). The van der Waals surface area contributed by atoms with Crippen LogP contribution in [0, 0.1) is 13.8 Å². The highest BCUT2D eigenvalue weighted by Gasteiger charge is 2.15. The topological polar surface area (TPSA) is 17.8 Å². The van der Waals surface area contributed by atoms with Gasteiger partial charge in [0.25, 0.3) is 0 Å². The van der Waals surface area contributed by atoms with E-state index in [4.69, 9.17) is 28.3 Å². The molecule has 0 amide bonds. The Balaban J connectivity index is 1.92. The first-order valence-corrected chi connectivity index (χ1v) is 9.46. The summed E-state index contributed by atoms with van der Waals surface area (Å²) in [5, 5.41) is 6.03. The minimum absolute atomic E-state index is 0.564. The van der Waals surface area contributed by atoms with Crippen molar-refractivity contribution in [2.75, 3.05) is 0 Å². The zero-order valence-corrected chi connectivity index (χ0v) is 16.6. The summed E-state index contributed by atoms with van der Waals surface area (Å²) < 4.78 is 1.89. The van der Waals surface area contributed by atoms with E-state index in [-0.39, 0.29) is 0 Å². The zero-order valence-electron chi connectivity index (χ0n) is 15.1. The summed E-state index contributed by atoms with van der Waals surface area (Å²) in [7, 11) is 0. The first-order valence-electron chi connectivity index (χ1n) is 8.71. The summed E-state index contributed by atoms with van der Waals surface area (Å²) in [6.45, 7) is 4.16. The Morgan fingerprint density at radius 1 is 0.704 bits per heavy atom. The Morgan fingerprint density at radius 2 is 1.30 bits per heavy atom. The maximum atomic E-state index is 6.48. The molecule has 134 valence electrons. The second kappa shape index (κ2) is 7.22. The van der Waals surface area contributed by atoms with Crippen molar-refractivity contribution in [1.82, 2.24) is 9.78 Å². The van der Waals surface area contributed by atoms with Crippen LogP contribution in [0.3, 0.4) is 0 Å². The third-order valence-electron chi connectivity index (χ3n) is 4.54. The van der Waals surface area contributed by atoms with E-state index in [9.17, 15) is 0 Å². The molecule has 1 aromatic heterocycles. The molecule has 0 bridgehead atoms. The van der Waals surface area contributed by atoms with Crippen molar-refractivity contribution in [2.24, 2.45) is 0 Å². The fourth-order valence-corrected chi connectivity index (χ4v) is 3.50. The Labute approximate surface area is 169 Å². The summed E-state index contributed by atoms with van der Waals surface area (Å²) >= 11 is 12.6. The predicted molar refractivity (Wildman–Crippen MR) is 114 cm³/mol. The van der Waals surface area contributed by atoms with Crippen molar-refractivity contribution in [3.05, 3.63) is 94.0 Å². The van der Waals surface area contributed by atoms with Crippen LogP contribution in [-0.2, 0) is 0 Å². The number of hydrogen-bond donors (Lipinski definition) is 0. The van der Waals surface area contributed by atoms with E-state index in [1.165, 1.54) is 11.1 Å². The smallest absolute Gasteiger partial charge is 0.0934 e. The average Bonchev–Trinajstić information content (AvgIpc) is 3.08. The van der Waals surface area contributed by atoms with Crippen LogP contribution in [0.15, 0.2) is 72.8 Å². The quantitative estimate of drug-likeness (QED) is 0.362. The van der Waals surface area contributed by atoms with Crippen LogP contribution in [0.5, 0.6) is 0 Å². The standard InChI is InChI=1S/C23H18Cl2N2/c1-15-3-7-17(8-4-15)21-14-23(18-9-5-16(2)6-10-18)27(26-21)22-12-11-19(24)13-20(22)25/h3-14H,1-2H3. The second-order valence-electron chi connectivity index (χ2n) is 6.65. The molecule has 1 heterocycles. The van der Waals surface area contributed by atoms with Gasteiger partial charge in [-0.3, -0.25) is 0 Å². The van der Waals surface area contributed by atoms with Crippen LogP contribution < -0.4 is 0 Å². The summed E-state index contributed by atoms with van der Waals surface area (Å²) in [5.41, 5.74) is 7.27. The minimum Gasteiger partial charge on any atom is -0.231 e. The van der Waals surface area contributed by atoms with Crippen LogP contribution in [-0.4, -0.2) is 9.78 Å². The van der Waals surface area contributed by atoms with Gasteiger partial charge in [0.15, 0.2) is 0 Å². The molecule has 4 aromatic rings. The molecule has 0 spiro atoms. The van der Waals surface area contributed by atoms with Crippen LogP contribution >= 0.6 is 23.2 Å². The van der Waals surface area contributed by atoms with Crippen molar-refractivity contribution in [2.45, 2.75) is 13.8 Å². The van der Waals surface area contributed by atoms with Crippen molar-refractivity contribution in [3.8, 4) is 28.2 Å². The number of nitrogens with zero attached hydrogens (tertiary/aromatic N) is 2. The first-order chi connectivity index (χ1) is 13.0. The van der Waals surface area contributed by atoms with Crippen molar-refractivity contribution < 1.29 is 0 Å². The summed E-state index contributed by atoms with van der Waals surface area (Å²) in [5.74, 6) is 0. The molecule has 27 heavy (non-hydrogen) atoms. The number of benzene rings is 3. The van der Waals surface area contributed by atoms with E-state index in [0.29, 0.717) is 10.0 Å². The summed E-state index contributed by atoms with van der Waals surface area (Å²) in [4.78, 5) is 0. The molecule has 0 unspecified atom stereocenters. The lowest BCUT2D eigenvalue weighted by Crippen LogP contribution is -2.00. The van der Waals surface area contributed by atoms with Gasteiger partial charge in [0.05, 0.1) is 22.1 Å². The summed E-state index contributed by atoms with van der Waals surface area (Å²) in [6, 6.07) is 24.3. The number of aromatic nitrogens is 2. The number of hydrogen-bond acceptors (Lipinski definition) is 1. The lowest BCUT2D eigenvalue weighted by atomic mass is 10.1. The molecule has 0 atom stereocenters. The highest BCUT2D eigenvalue weighted by Crippen LogP contribution is 2.32. The molecule has 0 radical (unpaired) electrons. The van der Waals surface area contributed by atoms with Gasteiger partial charge in [-0.05, 0) is 38.1 Å². The van der Waals surface area contributed by atoms with Gasteiger partial charge in [-0.15, -0.1) is 0 Å². The normalized spacial score (nSPS) is 11.0. The number of rotatable bonds is 3. The van der Waals surface area contributed by atoms with Gasteiger partial charge in [0, 0.05) is 16.1 Å². The Bertz CT molecular complexity index is 1090. The van der Waals surface area contributed by atoms with E-state index < -0.39 is 0 Å². The Hall–Kier alpha value is -2.55. The van der Waals surface area contributed by atoms with Crippen molar-refractivity contribution >= 4 is 23.2 Å². The third-order valence-corrected chi connectivity index (χ3v) is 5.08. The van der Waals surface area contributed by atoms with E-state index in [0.717, 1.165) is 28.2 Å². The maximum Gasteiger partial charge on any atom is 0.0934 e. The van der Waals surface area contributed by atoms with Crippen molar-refractivity contribution in [1.29, 1.82) is 0 Å². The fourth-order valence-electron chi connectivity index (χ4n) is 3.01. The molecule has 0 aliphatic carbocycles. The highest BCUT2D eigenvalue weighted by molar-refractivity contribution is 6.35. The number of halogens is 2. The third kappa shape index (κ3) is 3.64. The van der Waals surface area contributed by atoms with Crippen LogP contribution in [0.25, 0.3) is 28.2 Å². The van der Waals surface area contributed by atoms with E-state index in [2.05, 4.69) is 68.4 Å². The van der Waals surface area contributed by atoms with Gasteiger partial charge in [0.1, 0.15) is 0 Å². The SMILES string of the molecule is Cc1ccc(-c2cc(-c3ccc(C)cc3)n(-c3ccc(Cl)cc3Cl)n2)cc1. The highest BCUT2D eigenvalue weighted by atomic mass is 35.5. The molecule has 0 fully saturated rings. The molecule has 3 aromatic carbocycles. The Kier molecular flexibility index (Phi) is 4.77. The molecule has 0 aliphatic heterocycles. The van der Waals surface area contributed by atoms with E-state index in [1.807, 2.05) is 16.8 Å². The van der Waals surface area contributed by atoms with Gasteiger partial charge >= 0.3 is 0 Å². The summed E-state index contributed by atoms with van der Waals surface area (Å²) in [6.07, 6.45) is 0. The first kappa shape index (κ1) is 17.8. The fraction of sp³-hybridized carbons (Fsp3) is 0.0870. The van der Waals surface area contributed by atoms with Gasteiger partial charge < -0.3 is 0 Å². The minimum atomic E-state index is 0.564.